The van der Waals surface area contributed by atoms with Crippen LogP contribution in [-0.2, 0) is 17.8 Å². The molecule has 0 spiro atoms. The van der Waals surface area contributed by atoms with Gasteiger partial charge in [0.15, 0.2) is 0 Å². The minimum absolute atomic E-state index is 0.0328. The zero-order valence-electron chi connectivity index (χ0n) is 9.86. The van der Waals surface area contributed by atoms with Crippen molar-refractivity contribution in [3.8, 4) is 0 Å². The molecule has 0 radical (unpaired) electrons. The number of benzene rings is 1. The summed E-state index contributed by atoms with van der Waals surface area (Å²) in [5.41, 5.74) is 2.47. The third-order valence-electron chi connectivity index (χ3n) is 2.30. The Balaban J connectivity index is 2.48. The van der Waals surface area contributed by atoms with E-state index >= 15 is 0 Å². The van der Waals surface area contributed by atoms with Gasteiger partial charge in [-0.3, -0.25) is 4.79 Å². The SMILES string of the molecule is CC(C)Cc1ccc(CNC(=O)CS)cc1. The summed E-state index contributed by atoms with van der Waals surface area (Å²) in [6, 6.07) is 8.39. The number of carbonyl (C=O) groups excluding carboxylic acids is 1. The van der Waals surface area contributed by atoms with Crippen molar-refractivity contribution in [3.05, 3.63) is 35.4 Å². The van der Waals surface area contributed by atoms with Crippen molar-refractivity contribution in [2.75, 3.05) is 5.75 Å². The number of hydrogen-bond acceptors (Lipinski definition) is 2. The van der Waals surface area contributed by atoms with Crippen LogP contribution in [0.25, 0.3) is 0 Å². The monoisotopic (exact) mass is 237 g/mol. The first kappa shape index (κ1) is 13.1. The van der Waals surface area contributed by atoms with Crippen molar-refractivity contribution >= 4 is 18.5 Å². The number of amides is 1. The Labute approximate surface area is 103 Å². The second kappa shape index (κ2) is 6.59. The normalized spacial score (nSPS) is 10.5. The smallest absolute Gasteiger partial charge is 0.229 e. The summed E-state index contributed by atoms with van der Waals surface area (Å²) in [5, 5.41) is 2.79. The average molecular weight is 237 g/mol. The van der Waals surface area contributed by atoms with Crippen LogP contribution < -0.4 is 5.32 Å². The topological polar surface area (TPSA) is 29.1 Å². The van der Waals surface area contributed by atoms with E-state index in [1.54, 1.807) is 0 Å². The predicted octanol–water partition coefficient (Wildman–Crippen LogP) is 2.43. The van der Waals surface area contributed by atoms with Crippen molar-refractivity contribution < 1.29 is 4.79 Å². The van der Waals surface area contributed by atoms with E-state index < -0.39 is 0 Å². The molecule has 3 heteroatoms. The lowest BCUT2D eigenvalue weighted by molar-refractivity contribution is -0.118. The van der Waals surface area contributed by atoms with Gasteiger partial charge in [0.05, 0.1) is 5.75 Å². The van der Waals surface area contributed by atoms with Crippen LogP contribution in [0.15, 0.2) is 24.3 Å². The maximum absolute atomic E-state index is 11.0. The van der Waals surface area contributed by atoms with Crippen molar-refractivity contribution in [2.24, 2.45) is 5.92 Å². The highest BCUT2D eigenvalue weighted by Gasteiger charge is 2.00. The van der Waals surface area contributed by atoms with Crippen molar-refractivity contribution in [2.45, 2.75) is 26.8 Å². The number of rotatable bonds is 5. The van der Waals surface area contributed by atoms with Crippen LogP contribution >= 0.6 is 12.6 Å². The summed E-state index contributed by atoms with van der Waals surface area (Å²) >= 11 is 3.90. The molecule has 0 bridgehead atoms. The van der Waals surface area contributed by atoms with E-state index in [1.807, 2.05) is 0 Å². The minimum Gasteiger partial charge on any atom is -0.351 e. The highest BCUT2D eigenvalue weighted by molar-refractivity contribution is 7.81. The lowest BCUT2D eigenvalue weighted by atomic mass is 10.0. The van der Waals surface area contributed by atoms with Crippen molar-refractivity contribution in [1.82, 2.24) is 5.32 Å². The molecule has 1 aromatic rings. The Morgan fingerprint density at radius 2 is 1.81 bits per heavy atom. The molecular weight excluding hydrogens is 218 g/mol. The predicted molar refractivity (Wildman–Crippen MR) is 70.7 cm³/mol. The van der Waals surface area contributed by atoms with Crippen LogP contribution in [0.5, 0.6) is 0 Å². The molecule has 1 amide bonds. The Bertz CT molecular complexity index is 332. The molecule has 0 aromatic heterocycles. The number of nitrogens with one attached hydrogen (secondary N) is 1. The molecule has 0 heterocycles. The van der Waals surface area contributed by atoms with Crippen LogP contribution in [0, 0.1) is 5.92 Å². The molecule has 2 nitrogen and oxygen atoms in total. The zero-order chi connectivity index (χ0) is 12.0. The molecule has 0 aliphatic rings. The van der Waals surface area contributed by atoms with Gasteiger partial charge in [-0.1, -0.05) is 38.1 Å². The standard InChI is InChI=1S/C13H19NOS/c1-10(2)7-11-3-5-12(6-4-11)8-14-13(15)9-16/h3-6,10,16H,7-9H2,1-2H3,(H,14,15). The van der Waals surface area contributed by atoms with Gasteiger partial charge in [-0.15, -0.1) is 0 Å². The van der Waals surface area contributed by atoms with Gasteiger partial charge < -0.3 is 5.32 Å². The van der Waals surface area contributed by atoms with Gasteiger partial charge in [0.2, 0.25) is 5.91 Å². The molecule has 1 N–H and O–H groups in total. The lowest BCUT2D eigenvalue weighted by Gasteiger charge is -2.07. The fraction of sp³-hybridized carbons (Fsp3) is 0.462. The summed E-state index contributed by atoms with van der Waals surface area (Å²) in [6.07, 6.45) is 1.10. The Morgan fingerprint density at radius 1 is 1.25 bits per heavy atom. The fourth-order valence-corrected chi connectivity index (χ4v) is 1.63. The number of hydrogen-bond donors (Lipinski definition) is 2. The van der Waals surface area contributed by atoms with Gasteiger partial charge in [-0.25, -0.2) is 0 Å². The quantitative estimate of drug-likeness (QED) is 0.757. The van der Waals surface area contributed by atoms with E-state index in [4.69, 9.17) is 0 Å². The lowest BCUT2D eigenvalue weighted by Crippen LogP contribution is -2.23. The van der Waals surface area contributed by atoms with Gasteiger partial charge in [0.25, 0.3) is 0 Å². The third-order valence-corrected chi connectivity index (χ3v) is 2.59. The highest BCUT2D eigenvalue weighted by Crippen LogP contribution is 2.09. The molecule has 0 aliphatic carbocycles. The second-order valence-corrected chi connectivity index (χ2v) is 4.67. The molecule has 0 atom stereocenters. The van der Waals surface area contributed by atoms with Crippen LogP contribution in [0.4, 0.5) is 0 Å². The van der Waals surface area contributed by atoms with Gasteiger partial charge >= 0.3 is 0 Å². The Hall–Kier alpha value is -0.960. The van der Waals surface area contributed by atoms with Crippen molar-refractivity contribution in [3.63, 3.8) is 0 Å². The number of thiol groups is 1. The molecule has 1 rings (SSSR count). The van der Waals surface area contributed by atoms with E-state index in [0.717, 1.165) is 12.0 Å². The molecule has 88 valence electrons. The van der Waals surface area contributed by atoms with E-state index in [1.165, 1.54) is 5.56 Å². The van der Waals surface area contributed by atoms with Crippen molar-refractivity contribution in [1.29, 1.82) is 0 Å². The molecule has 0 saturated heterocycles. The average Bonchev–Trinajstić information content (AvgIpc) is 2.27. The first-order valence-electron chi connectivity index (χ1n) is 5.57. The largest absolute Gasteiger partial charge is 0.351 e. The maximum Gasteiger partial charge on any atom is 0.229 e. The first-order chi connectivity index (χ1) is 7.61. The molecule has 0 fully saturated rings. The van der Waals surface area contributed by atoms with Crippen LogP contribution in [0.2, 0.25) is 0 Å². The molecular formula is C13H19NOS. The molecule has 16 heavy (non-hydrogen) atoms. The Kier molecular flexibility index (Phi) is 5.39. The molecule has 0 unspecified atom stereocenters. The van der Waals surface area contributed by atoms with Crippen LogP contribution in [-0.4, -0.2) is 11.7 Å². The minimum atomic E-state index is -0.0328. The van der Waals surface area contributed by atoms with E-state index in [0.29, 0.717) is 12.5 Å². The first-order valence-corrected chi connectivity index (χ1v) is 6.20. The van der Waals surface area contributed by atoms with Crippen LogP contribution in [0.1, 0.15) is 25.0 Å². The van der Waals surface area contributed by atoms with Gasteiger partial charge in [0.1, 0.15) is 0 Å². The van der Waals surface area contributed by atoms with Gasteiger partial charge in [-0.05, 0) is 23.5 Å². The van der Waals surface area contributed by atoms with Crippen LogP contribution in [0.3, 0.4) is 0 Å². The third kappa shape index (κ3) is 4.71. The number of carbonyl (C=O) groups is 1. The van der Waals surface area contributed by atoms with E-state index in [-0.39, 0.29) is 11.7 Å². The maximum atomic E-state index is 11.0. The van der Waals surface area contributed by atoms with E-state index in [9.17, 15) is 4.79 Å². The highest BCUT2D eigenvalue weighted by atomic mass is 32.1. The van der Waals surface area contributed by atoms with Gasteiger partial charge in [-0.2, -0.15) is 12.6 Å². The molecule has 0 aliphatic heterocycles. The summed E-state index contributed by atoms with van der Waals surface area (Å²) in [7, 11) is 0. The molecule has 1 aromatic carbocycles. The van der Waals surface area contributed by atoms with Gasteiger partial charge in [0, 0.05) is 6.54 Å². The fourth-order valence-electron chi connectivity index (χ4n) is 1.52. The van der Waals surface area contributed by atoms with E-state index in [2.05, 4.69) is 56.1 Å². The summed E-state index contributed by atoms with van der Waals surface area (Å²) < 4.78 is 0. The summed E-state index contributed by atoms with van der Waals surface area (Å²) in [5.74, 6) is 0.884. The Morgan fingerprint density at radius 3 is 2.31 bits per heavy atom. The summed E-state index contributed by atoms with van der Waals surface area (Å²) in [4.78, 5) is 11.0. The zero-order valence-corrected chi connectivity index (χ0v) is 10.8. The molecule has 0 saturated carbocycles. The second-order valence-electron chi connectivity index (χ2n) is 4.35. The summed E-state index contributed by atoms with van der Waals surface area (Å²) in [6.45, 7) is 5.00.